The maximum Gasteiger partial charge on any atom is 0.000136 e. The molecule has 0 amide bonds. The highest BCUT2D eigenvalue weighted by molar-refractivity contribution is 5.22. The van der Waals surface area contributed by atoms with Crippen molar-refractivity contribution in [2.45, 2.75) is 47.0 Å². The van der Waals surface area contributed by atoms with Gasteiger partial charge in [-0.25, -0.2) is 0 Å². The van der Waals surface area contributed by atoms with Crippen LogP contribution >= 0.6 is 0 Å². The van der Waals surface area contributed by atoms with E-state index in [9.17, 15) is 0 Å². The molecule has 0 atom stereocenters. The molecule has 19 heavy (non-hydrogen) atoms. The molecule has 2 rings (SSSR count). The zero-order chi connectivity index (χ0) is 14.5. The average Bonchev–Trinajstić information content (AvgIpc) is 2.83. The fourth-order valence-corrected chi connectivity index (χ4v) is 1.95. The third-order valence-electron chi connectivity index (χ3n) is 3.39. The van der Waals surface area contributed by atoms with E-state index in [0.717, 1.165) is 0 Å². The van der Waals surface area contributed by atoms with Crippen molar-refractivity contribution in [1.82, 2.24) is 0 Å². The van der Waals surface area contributed by atoms with Crippen LogP contribution in [0.2, 0.25) is 0 Å². The first kappa shape index (κ1) is 15.8. The molecule has 0 bridgehead atoms. The lowest BCUT2D eigenvalue weighted by Gasteiger charge is -2.23. The second-order valence-corrected chi connectivity index (χ2v) is 7.28. The van der Waals surface area contributed by atoms with E-state index in [1.54, 1.807) is 0 Å². The minimum atomic E-state index is 0.293. The van der Waals surface area contributed by atoms with Gasteiger partial charge in [-0.15, -0.1) is 0 Å². The van der Waals surface area contributed by atoms with Crippen LogP contribution in [0.3, 0.4) is 0 Å². The molecule has 104 valence electrons. The Balaban J connectivity index is 0.000000191. The summed E-state index contributed by atoms with van der Waals surface area (Å²) in [6.45, 7) is 13.5. The number of hydrogen-bond donors (Lipinski definition) is 0. The highest BCUT2D eigenvalue weighted by atomic mass is 14.2. The van der Waals surface area contributed by atoms with Gasteiger partial charge < -0.3 is 0 Å². The molecule has 0 spiro atoms. The van der Waals surface area contributed by atoms with E-state index < -0.39 is 0 Å². The molecule has 0 fully saturated rings. The van der Waals surface area contributed by atoms with Crippen LogP contribution in [0.1, 0.15) is 47.1 Å². The first-order chi connectivity index (χ1) is 8.71. The van der Waals surface area contributed by atoms with Crippen LogP contribution in [0.5, 0.6) is 0 Å². The van der Waals surface area contributed by atoms with Crippen LogP contribution in [-0.2, 0) is 5.41 Å². The van der Waals surface area contributed by atoms with Crippen molar-refractivity contribution in [3.8, 4) is 0 Å². The Kier molecular flexibility index (Phi) is 5.17. The maximum atomic E-state index is 2.26. The summed E-state index contributed by atoms with van der Waals surface area (Å²) >= 11 is 0. The third kappa shape index (κ3) is 5.46. The molecule has 1 aromatic carbocycles. The van der Waals surface area contributed by atoms with Gasteiger partial charge in [0.15, 0.2) is 0 Å². The topological polar surface area (TPSA) is 0 Å². The Morgan fingerprint density at radius 3 is 1.47 bits per heavy atom. The molecule has 0 N–H and O–H groups in total. The van der Waals surface area contributed by atoms with Crippen molar-refractivity contribution >= 4 is 0 Å². The number of allylic oxidation sites excluding steroid dienone is 4. The monoisotopic (exact) mass is 256 g/mol. The highest BCUT2D eigenvalue weighted by Crippen LogP contribution is 2.30. The van der Waals surface area contributed by atoms with Crippen LogP contribution in [-0.4, -0.2) is 0 Å². The number of benzene rings is 1. The summed E-state index contributed by atoms with van der Waals surface area (Å²) in [5, 5.41) is 0. The average molecular weight is 256 g/mol. The summed E-state index contributed by atoms with van der Waals surface area (Å²) < 4.78 is 0. The first-order valence-electron chi connectivity index (χ1n) is 7.12. The molecule has 0 unspecified atom stereocenters. The van der Waals surface area contributed by atoms with Gasteiger partial charge >= 0.3 is 0 Å². The summed E-state index contributed by atoms with van der Waals surface area (Å²) in [6.07, 6.45) is 8.74. The summed E-state index contributed by atoms with van der Waals surface area (Å²) in [6, 6.07) is 10.6. The lowest BCUT2D eigenvalue weighted by molar-refractivity contribution is 0.346. The lowest BCUT2D eigenvalue weighted by atomic mass is 9.82. The number of rotatable bonds is 0. The van der Waals surface area contributed by atoms with E-state index in [1.807, 2.05) is 0 Å². The van der Waals surface area contributed by atoms with E-state index in [-0.39, 0.29) is 0 Å². The van der Waals surface area contributed by atoms with E-state index in [1.165, 1.54) is 5.56 Å². The van der Waals surface area contributed by atoms with Crippen molar-refractivity contribution in [3.63, 3.8) is 0 Å². The largest absolute Gasteiger partial charge is 0.0771 e. The highest BCUT2D eigenvalue weighted by Gasteiger charge is 2.20. The molecule has 0 aliphatic heterocycles. The smallest absolute Gasteiger partial charge is 0.000136 e. The van der Waals surface area contributed by atoms with Gasteiger partial charge in [0.05, 0.1) is 0 Å². The van der Waals surface area contributed by atoms with E-state index >= 15 is 0 Å². The van der Waals surface area contributed by atoms with Crippen molar-refractivity contribution in [3.05, 3.63) is 60.2 Å². The van der Waals surface area contributed by atoms with Crippen LogP contribution in [0.15, 0.2) is 54.6 Å². The van der Waals surface area contributed by atoms with Crippen molar-refractivity contribution in [2.75, 3.05) is 0 Å². The van der Waals surface area contributed by atoms with Crippen molar-refractivity contribution in [1.29, 1.82) is 0 Å². The van der Waals surface area contributed by atoms with E-state index in [2.05, 4.69) is 96.2 Å². The predicted molar refractivity (Wildman–Crippen MR) is 86.4 cm³/mol. The molecule has 1 aromatic rings. The Morgan fingerprint density at radius 1 is 0.737 bits per heavy atom. The molecular formula is C19H28. The second-order valence-electron chi connectivity index (χ2n) is 7.28. The third-order valence-corrected chi connectivity index (χ3v) is 3.39. The molecule has 0 nitrogen and oxygen atoms in total. The Bertz CT molecular complexity index is 409. The van der Waals surface area contributed by atoms with E-state index in [0.29, 0.717) is 16.7 Å². The van der Waals surface area contributed by atoms with Gasteiger partial charge in [0, 0.05) is 5.92 Å². The molecule has 0 saturated heterocycles. The zero-order valence-corrected chi connectivity index (χ0v) is 13.3. The van der Waals surface area contributed by atoms with Crippen LogP contribution in [0.4, 0.5) is 0 Å². The molecule has 0 heterocycles. The summed E-state index contributed by atoms with van der Waals surface area (Å²) in [5.74, 6) is 0.650. The second kappa shape index (κ2) is 6.23. The quantitative estimate of drug-likeness (QED) is 0.553. The zero-order valence-electron chi connectivity index (χ0n) is 13.3. The van der Waals surface area contributed by atoms with Crippen LogP contribution in [0, 0.1) is 11.3 Å². The van der Waals surface area contributed by atoms with Gasteiger partial charge in [0.1, 0.15) is 0 Å². The van der Waals surface area contributed by atoms with Gasteiger partial charge in [-0.05, 0) is 16.4 Å². The Morgan fingerprint density at radius 2 is 1.21 bits per heavy atom. The standard InChI is InChI=1S/C10H14.C9H14/c1-10(2,3)9-7-5-4-6-8-9;1-9(2,3)8-6-4-5-7-8/h4-8H,1-3H3;4-8H,1-3H3. The van der Waals surface area contributed by atoms with Gasteiger partial charge in [-0.2, -0.15) is 0 Å². The molecular weight excluding hydrogens is 228 g/mol. The maximum absolute atomic E-state index is 2.26. The molecule has 1 aliphatic carbocycles. The number of hydrogen-bond acceptors (Lipinski definition) is 0. The van der Waals surface area contributed by atoms with Crippen molar-refractivity contribution < 1.29 is 0 Å². The molecule has 0 saturated carbocycles. The predicted octanol–water partition coefficient (Wildman–Crippen LogP) is 5.76. The fraction of sp³-hybridized carbons (Fsp3) is 0.474. The molecule has 0 aromatic heterocycles. The summed E-state index contributed by atoms with van der Waals surface area (Å²) in [7, 11) is 0. The van der Waals surface area contributed by atoms with E-state index in [4.69, 9.17) is 0 Å². The first-order valence-corrected chi connectivity index (χ1v) is 7.12. The summed E-state index contributed by atoms with van der Waals surface area (Å²) in [4.78, 5) is 0. The van der Waals surface area contributed by atoms with Crippen LogP contribution in [0.25, 0.3) is 0 Å². The summed E-state index contributed by atoms with van der Waals surface area (Å²) in [5.41, 5.74) is 2.10. The van der Waals surface area contributed by atoms with Gasteiger partial charge in [-0.1, -0.05) is 96.2 Å². The Hall–Kier alpha value is -1.30. The SMILES string of the molecule is CC(C)(C)C1C=CC=C1.CC(C)(C)c1ccccc1. The minimum absolute atomic E-state index is 0.293. The van der Waals surface area contributed by atoms with Gasteiger partial charge in [0.2, 0.25) is 0 Å². The van der Waals surface area contributed by atoms with Crippen LogP contribution < -0.4 is 0 Å². The minimum Gasteiger partial charge on any atom is -0.0771 e. The fourth-order valence-electron chi connectivity index (χ4n) is 1.95. The molecule has 0 heteroatoms. The van der Waals surface area contributed by atoms with Crippen molar-refractivity contribution in [2.24, 2.45) is 11.3 Å². The van der Waals surface area contributed by atoms with Gasteiger partial charge in [0.25, 0.3) is 0 Å². The lowest BCUT2D eigenvalue weighted by Crippen LogP contribution is -2.14. The molecule has 1 aliphatic rings. The molecule has 0 radical (unpaired) electrons. The Labute approximate surface area is 119 Å². The van der Waals surface area contributed by atoms with Gasteiger partial charge in [-0.3, -0.25) is 0 Å². The normalized spacial score (nSPS) is 15.3.